The Kier molecular flexibility index (Phi) is 7.85. The van der Waals surface area contributed by atoms with Crippen molar-refractivity contribution >= 4 is 5.91 Å². The second-order valence-corrected chi connectivity index (χ2v) is 6.86. The zero-order valence-electron chi connectivity index (χ0n) is 16.4. The van der Waals surface area contributed by atoms with Crippen molar-refractivity contribution in [2.45, 2.75) is 53.0 Å². The molecule has 1 aromatic heterocycles. The summed E-state index contributed by atoms with van der Waals surface area (Å²) in [6.07, 6.45) is 2.32. The summed E-state index contributed by atoms with van der Waals surface area (Å²) in [4.78, 5) is 14.6. The van der Waals surface area contributed by atoms with Gasteiger partial charge in [-0.05, 0) is 46.3 Å². The first-order valence-electron chi connectivity index (χ1n) is 9.56. The van der Waals surface area contributed by atoms with Gasteiger partial charge < -0.3 is 14.7 Å². The Labute approximate surface area is 156 Å². The van der Waals surface area contributed by atoms with Crippen molar-refractivity contribution in [2.75, 3.05) is 19.6 Å². The van der Waals surface area contributed by atoms with Crippen LogP contribution in [0.1, 0.15) is 44.9 Å². The quantitative estimate of drug-likeness (QED) is 0.702. The highest BCUT2D eigenvalue weighted by molar-refractivity contribution is 5.78. The van der Waals surface area contributed by atoms with Crippen LogP contribution in [0.5, 0.6) is 0 Å². The molecule has 1 amide bonds. The zero-order chi connectivity index (χ0) is 18.9. The predicted molar refractivity (Wildman–Crippen MR) is 105 cm³/mol. The molecule has 2 aromatic rings. The molecule has 1 unspecified atom stereocenters. The number of aromatic nitrogens is 1. The molecule has 5 heteroatoms. The third-order valence-electron chi connectivity index (χ3n) is 4.65. The molecule has 26 heavy (non-hydrogen) atoms. The SMILES string of the molecule is CCN(CC)CCCC(C)NC(=O)Cc1cc(-c2ccc(C)cc2)on1. The molecule has 1 atom stereocenters. The molecule has 1 heterocycles. The first-order chi connectivity index (χ1) is 12.5. The molecule has 2 rings (SSSR count). The fourth-order valence-corrected chi connectivity index (χ4v) is 2.97. The predicted octanol–water partition coefficient (Wildman–Crippen LogP) is 3.82. The number of carbonyl (C=O) groups excluding carboxylic acids is 1. The second-order valence-electron chi connectivity index (χ2n) is 6.86. The molecule has 0 saturated carbocycles. The van der Waals surface area contributed by atoms with E-state index in [0.29, 0.717) is 11.5 Å². The molecule has 1 N–H and O–H groups in total. The summed E-state index contributed by atoms with van der Waals surface area (Å²) in [7, 11) is 0. The first-order valence-corrected chi connectivity index (χ1v) is 9.56. The van der Waals surface area contributed by atoms with E-state index in [1.807, 2.05) is 37.3 Å². The number of nitrogens with one attached hydrogen (secondary N) is 1. The number of nitrogens with zero attached hydrogens (tertiary/aromatic N) is 2. The zero-order valence-corrected chi connectivity index (χ0v) is 16.4. The maximum atomic E-state index is 12.2. The van der Waals surface area contributed by atoms with Crippen LogP contribution in [-0.4, -0.2) is 41.6 Å². The minimum absolute atomic E-state index is 0.0101. The van der Waals surface area contributed by atoms with Crippen LogP contribution in [0.3, 0.4) is 0 Å². The van der Waals surface area contributed by atoms with Crippen LogP contribution >= 0.6 is 0 Å². The van der Waals surface area contributed by atoms with Crippen LogP contribution in [0.15, 0.2) is 34.9 Å². The van der Waals surface area contributed by atoms with E-state index in [1.54, 1.807) is 0 Å². The van der Waals surface area contributed by atoms with E-state index in [9.17, 15) is 4.79 Å². The van der Waals surface area contributed by atoms with Crippen molar-refractivity contribution in [1.82, 2.24) is 15.4 Å². The van der Waals surface area contributed by atoms with Gasteiger partial charge in [-0.15, -0.1) is 0 Å². The van der Waals surface area contributed by atoms with Gasteiger partial charge in [-0.3, -0.25) is 4.79 Å². The van der Waals surface area contributed by atoms with Gasteiger partial charge in [0.1, 0.15) is 0 Å². The highest BCUT2D eigenvalue weighted by Crippen LogP contribution is 2.20. The van der Waals surface area contributed by atoms with Crippen LogP contribution in [-0.2, 0) is 11.2 Å². The lowest BCUT2D eigenvalue weighted by Crippen LogP contribution is -2.34. The van der Waals surface area contributed by atoms with Crippen molar-refractivity contribution in [3.63, 3.8) is 0 Å². The third kappa shape index (κ3) is 6.30. The van der Waals surface area contributed by atoms with Crippen molar-refractivity contribution < 1.29 is 9.32 Å². The second kappa shape index (κ2) is 10.1. The van der Waals surface area contributed by atoms with E-state index in [0.717, 1.165) is 38.0 Å². The van der Waals surface area contributed by atoms with Gasteiger partial charge in [-0.2, -0.15) is 0 Å². The fourth-order valence-electron chi connectivity index (χ4n) is 2.97. The van der Waals surface area contributed by atoms with Gasteiger partial charge in [0.15, 0.2) is 5.76 Å². The number of carbonyl (C=O) groups is 1. The van der Waals surface area contributed by atoms with Gasteiger partial charge in [-0.25, -0.2) is 0 Å². The van der Waals surface area contributed by atoms with E-state index < -0.39 is 0 Å². The number of hydrogen-bond donors (Lipinski definition) is 1. The first kappa shape index (κ1) is 20.2. The molecule has 0 aliphatic carbocycles. The van der Waals surface area contributed by atoms with Crippen LogP contribution in [0, 0.1) is 6.92 Å². The van der Waals surface area contributed by atoms with Crippen molar-refractivity contribution in [3.8, 4) is 11.3 Å². The lowest BCUT2D eigenvalue weighted by atomic mass is 10.1. The van der Waals surface area contributed by atoms with Gasteiger partial charge in [0.2, 0.25) is 5.91 Å². The molecule has 0 saturated heterocycles. The molecule has 0 spiro atoms. The minimum atomic E-state index is -0.0101. The molecule has 0 bridgehead atoms. The number of amides is 1. The summed E-state index contributed by atoms with van der Waals surface area (Å²) in [6, 6.07) is 10.1. The van der Waals surface area contributed by atoms with Crippen molar-refractivity contribution in [3.05, 3.63) is 41.6 Å². The molecule has 1 aromatic carbocycles. The standard InChI is InChI=1S/C21H31N3O2/c1-5-24(6-2)13-7-8-17(4)22-21(25)15-19-14-20(26-23-19)18-11-9-16(3)10-12-18/h9-12,14,17H,5-8,13,15H2,1-4H3,(H,22,25). The van der Waals surface area contributed by atoms with Crippen LogP contribution < -0.4 is 5.32 Å². The fraction of sp³-hybridized carbons (Fsp3) is 0.524. The minimum Gasteiger partial charge on any atom is -0.356 e. The normalized spacial score (nSPS) is 12.3. The molecular weight excluding hydrogens is 326 g/mol. The van der Waals surface area contributed by atoms with Gasteiger partial charge in [0.05, 0.1) is 12.1 Å². The Morgan fingerprint density at radius 2 is 1.92 bits per heavy atom. The van der Waals surface area contributed by atoms with E-state index in [4.69, 9.17) is 4.52 Å². The van der Waals surface area contributed by atoms with Gasteiger partial charge in [0.25, 0.3) is 0 Å². The lowest BCUT2D eigenvalue weighted by molar-refractivity contribution is -0.121. The van der Waals surface area contributed by atoms with E-state index in [1.165, 1.54) is 5.56 Å². The average molecular weight is 357 g/mol. The topological polar surface area (TPSA) is 58.4 Å². The smallest absolute Gasteiger partial charge is 0.226 e. The average Bonchev–Trinajstić information content (AvgIpc) is 3.07. The summed E-state index contributed by atoms with van der Waals surface area (Å²) in [5.74, 6) is 0.684. The summed E-state index contributed by atoms with van der Waals surface area (Å²) in [6.45, 7) is 11.7. The number of benzene rings is 1. The molecule has 0 aliphatic heterocycles. The van der Waals surface area contributed by atoms with Gasteiger partial charge in [0, 0.05) is 17.7 Å². The maximum absolute atomic E-state index is 12.2. The monoisotopic (exact) mass is 357 g/mol. The number of hydrogen-bond acceptors (Lipinski definition) is 4. The summed E-state index contributed by atoms with van der Waals surface area (Å²) in [5.41, 5.74) is 2.83. The summed E-state index contributed by atoms with van der Waals surface area (Å²) in [5, 5.41) is 7.08. The molecule has 0 fully saturated rings. The highest BCUT2D eigenvalue weighted by Gasteiger charge is 2.13. The van der Waals surface area contributed by atoms with Crippen LogP contribution in [0.2, 0.25) is 0 Å². The Hall–Kier alpha value is -2.14. The summed E-state index contributed by atoms with van der Waals surface area (Å²) < 4.78 is 5.38. The third-order valence-corrected chi connectivity index (χ3v) is 4.65. The van der Waals surface area contributed by atoms with Crippen LogP contribution in [0.4, 0.5) is 0 Å². The Morgan fingerprint density at radius 3 is 2.58 bits per heavy atom. The van der Waals surface area contributed by atoms with E-state index >= 15 is 0 Å². The highest BCUT2D eigenvalue weighted by atomic mass is 16.5. The molecular formula is C21H31N3O2. The van der Waals surface area contributed by atoms with Gasteiger partial charge in [-0.1, -0.05) is 48.8 Å². The molecule has 0 aliphatic rings. The van der Waals surface area contributed by atoms with Crippen molar-refractivity contribution in [1.29, 1.82) is 0 Å². The number of rotatable bonds is 10. The van der Waals surface area contributed by atoms with Crippen LogP contribution in [0.25, 0.3) is 11.3 Å². The number of aryl methyl sites for hydroxylation is 1. The lowest BCUT2D eigenvalue weighted by Gasteiger charge is -2.19. The Bertz CT molecular complexity index is 675. The van der Waals surface area contributed by atoms with Gasteiger partial charge >= 0.3 is 0 Å². The Morgan fingerprint density at radius 1 is 1.23 bits per heavy atom. The molecule has 142 valence electrons. The summed E-state index contributed by atoms with van der Waals surface area (Å²) >= 11 is 0. The van der Waals surface area contributed by atoms with Crippen molar-refractivity contribution in [2.24, 2.45) is 0 Å². The Balaban J connectivity index is 1.78. The molecule has 5 nitrogen and oxygen atoms in total. The maximum Gasteiger partial charge on any atom is 0.226 e. The van der Waals surface area contributed by atoms with E-state index in [-0.39, 0.29) is 18.4 Å². The molecule has 0 radical (unpaired) electrons. The largest absolute Gasteiger partial charge is 0.356 e. The van der Waals surface area contributed by atoms with E-state index in [2.05, 4.69) is 36.1 Å².